The van der Waals surface area contributed by atoms with Crippen molar-refractivity contribution in [3.8, 4) is 0 Å². The lowest BCUT2D eigenvalue weighted by Crippen LogP contribution is -2.43. The normalized spacial score (nSPS) is 18.5. The Labute approximate surface area is 159 Å². The zero-order valence-corrected chi connectivity index (χ0v) is 16.2. The summed E-state index contributed by atoms with van der Waals surface area (Å²) < 4.78 is 41.6. The number of anilines is 2. The molecule has 2 aromatic rings. The number of nitrogens with one attached hydrogen (secondary N) is 1. The van der Waals surface area contributed by atoms with Gasteiger partial charge in [-0.2, -0.15) is 0 Å². The summed E-state index contributed by atoms with van der Waals surface area (Å²) in [5.41, 5.74) is 2.80. The maximum atomic E-state index is 13.9. The van der Waals surface area contributed by atoms with Gasteiger partial charge >= 0.3 is 0 Å². The number of benzene rings is 2. The molecule has 2 aliphatic heterocycles. The molecule has 1 N–H and O–H groups in total. The quantitative estimate of drug-likeness (QED) is 0.873. The van der Waals surface area contributed by atoms with Crippen LogP contribution in [0.1, 0.15) is 18.4 Å². The Hall–Kier alpha value is -2.12. The fraction of sp³-hybridized carbons (Fsp3) is 0.400. The Morgan fingerprint density at radius 2 is 1.81 bits per heavy atom. The molecule has 0 atom stereocenters. The fourth-order valence-corrected chi connectivity index (χ4v) is 5.16. The number of sulfonamides is 1. The molecule has 1 saturated heterocycles. The summed E-state index contributed by atoms with van der Waals surface area (Å²) in [4.78, 5) is 4.41. The number of likely N-dealkylation sites (tertiary alicyclic amines) is 1. The topological polar surface area (TPSA) is 52.6 Å². The van der Waals surface area contributed by atoms with Crippen molar-refractivity contribution in [3.63, 3.8) is 0 Å². The average molecular weight is 389 g/mol. The second-order valence-corrected chi connectivity index (χ2v) is 9.01. The van der Waals surface area contributed by atoms with Gasteiger partial charge in [-0.25, -0.2) is 12.8 Å². The van der Waals surface area contributed by atoms with Crippen molar-refractivity contribution < 1.29 is 12.8 Å². The minimum absolute atomic E-state index is 0.335. The Morgan fingerprint density at radius 1 is 1.07 bits per heavy atom. The third-order valence-corrected chi connectivity index (χ3v) is 6.94. The molecule has 0 bridgehead atoms. The molecule has 144 valence electrons. The van der Waals surface area contributed by atoms with Crippen molar-refractivity contribution in [3.05, 3.63) is 53.8 Å². The number of hydrogen-bond donors (Lipinski definition) is 1. The smallest absolute Gasteiger partial charge is 0.264 e. The molecule has 0 aliphatic carbocycles. The lowest BCUT2D eigenvalue weighted by atomic mass is 10.0. The summed E-state index contributed by atoms with van der Waals surface area (Å²) in [7, 11) is -1.82. The summed E-state index contributed by atoms with van der Waals surface area (Å²) in [6.45, 7) is 3.12. The maximum Gasteiger partial charge on any atom is 0.264 e. The van der Waals surface area contributed by atoms with Crippen LogP contribution in [-0.4, -0.2) is 46.0 Å². The van der Waals surface area contributed by atoms with Crippen molar-refractivity contribution in [1.29, 1.82) is 0 Å². The summed E-state index contributed by atoms with van der Waals surface area (Å²) in [5, 5.41) is 0. The highest BCUT2D eigenvalue weighted by atomic mass is 32.2. The van der Waals surface area contributed by atoms with E-state index in [1.165, 1.54) is 23.8 Å². The van der Waals surface area contributed by atoms with Gasteiger partial charge in [-0.15, -0.1) is 0 Å². The summed E-state index contributed by atoms with van der Waals surface area (Å²) in [6, 6.07) is 11.5. The van der Waals surface area contributed by atoms with Crippen molar-refractivity contribution in [2.45, 2.75) is 30.2 Å². The first-order chi connectivity index (χ1) is 12.9. The molecule has 2 heterocycles. The van der Waals surface area contributed by atoms with Gasteiger partial charge in [-0.05, 0) is 69.2 Å². The van der Waals surface area contributed by atoms with E-state index < -0.39 is 15.8 Å². The second kappa shape index (κ2) is 7.13. The molecule has 0 spiro atoms. The van der Waals surface area contributed by atoms with Gasteiger partial charge in [-0.1, -0.05) is 18.2 Å². The molecule has 4 rings (SSSR count). The van der Waals surface area contributed by atoms with Gasteiger partial charge < -0.3 is 9.80 Å². The number of nitrogens with zero attached hydrogens (tertiary/aromatic N) is 2. The summed E-state index contributed by atoms with van der Waals surface area (Å²) >= 11 is 0. The third kappa shape index (κ3) is 3.66. The van der Waals surface area contributed by atoms with Crippen LogP contribution < -0.4 is 9.62 Å². The fourth-order valence-electron chi connectivity index (χ4n) is 4.03. The minimum atomic E-state index is -3.96. The molecule has 0 aromatic heterocycles. The highest BCUT2D eigenvalue weighted by Crippen LogP contribution is 2.35. The van der Waals surface area contributed by atoms with Crippen molar-refractivity contribution >= 4 is 21.4 Å². The Balaban J connectivity index is 1.58. The molecular weight excluding hydrogens is 365 g/mol. The second-order valence-electron chi connectivity index (χ2n) is 7.36. The third-order valence-electron chi connectivity index (χ3n) is 5.52. The maximum absolute atomic E-state index is 13.9. The lowest BCUT2D eigenvalue weighted by Gasteiger charge is -2.36. The van der Waals surface area contributed by atoms with Crippen LogP contribution in [0, 0.1) is 5.82 Å². The number of hydrogen-bond acceptors (Lipinski definition) is 4. The minimum Gasteiger partial charge on any atom is -0.368 e. The van der Waals surface area contributed by atoms with E-state index in [-0.39, 0.29) is 4.90 Å². The van der Waals surface area contributed by atoms with Crippen LogP contribution in [0.5, 0.6) is 0 Å². The van der Waals surface area contributed by atoms with Crippen LogP contribution in [0.3, 0.4) is 0 Å². The number of piperidine rings is 1. The monoisotopic (exact) mass is 389 g/mol. The van der Waals surface area contributed by atoms with E-state index >= 15 is 0 Å². The van der Waals surface area contributed by atoms with E-state index in [1.807, 2.05) is 12.1 Å². The predicted octanol–water partition coefficient (Wildman–Crippen LogP) is 3.08. The average Bonchev–Trinajstić information content (AvgIpc) is 3.05. The number of fused-ring (bicyclic) bond motifs is 1. The van der Waals surface area contributed by atoms with Crippen LogP contribution in [0.25, 0.3) is 0 Å². The van der Waals surface area contributed by atoms with Gasteiger partial charge in [0.1, 0.15) is 10.7 Å². The summed E-state index contributed by atoms with van der Waals surface area (Å²) in [6.07, 6.45) is 3.20. The molecule has 2 aliphatic rings. The van der Waals surface area contributed by atoms with Gasteiger partial charge in [-0.3, -0.25) is 4.72 Å². The van der Waals surface area contributed by atoms with Crippen LogP contribution in [-0.2, 0) is 16.4 Å². The van der Waals surface area contributed by atoms with Crippen molar-refractivity contribution in [2.24, 2.45) is 0 Å². The molecule has 0 unspecified atom stereocenters. The Morgan fingerprint density at radius 3 is 2.56 bits per heavy atom. The molecular formula is C20H24FN3O2S. The van der Waals surface area contributed by atoms with Crippen molar-refractivity contribution in [2.75, 3.05) is 36.3 Å². The van der Waals surface area contributed by atoms with Gasteiger partial charge in [0.25, 0.3) is 10.0 Å². The summed E-state index contributed by atoms with van der Waals surface area (Å²) in [5.74, 6) is -0.751. The highest BCUT2D eigenvalue weighted by molar-refractivity contribution is 7.92. The van der Waals surface area contributed by atoms with Gasteiger partial charge in [0, 0.05) is 18.3 Å². The first-order valence-electron chi connectivity index (χ1n) is 9.29. The molecule has 0 amide bonds. The predicted molar refractivity (Wildman–Crippen MR) is 105 cm³/mol. The van der Waals surface area contributed by atoms with Gasteiger partial charge in [0.05, 0.1) is 5.69 Å². The molecule has 2 aromatic carbocycles. The van der Waals surface area contributed by atoms with Crippen LogP contribution in [0.4, 0.5) is 15.8 Å². The lowest BCUT2D eigenvalue weighted by molar-refractivity contribution is 0.251. The van der Waals surface area contributed by atoms with E-state index in [2.05, 4.69) is 21.6 Å². The molecule has 0 radical (unpaired) electrons. The molecule has 1 fully saturated rings. The van der Waals surface area contributed by atoms with E-state index in [4.69, 9.17) is 0 Å². The molecule has 0 saturated carbocycles. The SMILES string of the molecule is CN1CCC(N2CCc3ccc(NS(=O)(=O)c4ccccc4F)cc32)CC1. The van der Waals surface area contributed by atoms with Gasteiger partial charge in [0.2, 0.25) is 0 Å². The van der Waals surface area contributed by atoms with E-state index in [0.29, 0.717) is 11.7 Å². The standard InChI is InChI=1S/C20H24FN3O2S/c1-23-11-9-17(10-12-23)24-13-8-15-6-7-16(14-19(15)24)22-27(25,26)20-5-3-2-4-18(20)21/h2-7,14,17,22H,8-13H2,1H3. The van der Waals surface area contributed by atoms with E-state index in [1.54, 1.807) is 6.07 Å². The van der Waals surface area contributed by atoms with Crippen LogP contribution in [0.2, 0.25) is 0 Å². The van der Waals surface area contributed by atoms with E-state index in [9.17, 15) is 12.8 Å². The number of halogens is 1. The van der Waals surface area contributed by atoms with Crippen LogP contribution in [0.15, 0.2) is 47.4 Å². The largest absolute Gasteiger partial charge is 0.368 e. The first kappa shape index (κ1) is 18.3. The molecule has 7 heteroatoms. The van der Waals surface area contributed by atoms with Gasteiger partial charge in [0.15, 0.2) is 0 Å². The zero-order chi connectivity index (χ0) is 19.0. The molecule has 5 nitrogen and oxygen atoms in total. The van der Waals surface area contributed by atoms with Crippen molar-refractivity contribution in [1.82, 2.24) is 4.90 Å². The number of rotatable bonds is 4. The highest BCUT2D eigenvalue weighted by Gasteiger charge is 2.29. The van der Waals surface area contributed by atoms with E-state index in [0.717, 1.165) is 50.7 Å². The van der Waals surface area contributed by atoms with Crippen LogP contribution >= 0.6 is 0 Å². The zero-order valence-electron chi connectivity index (χ0n) is 15.4. The Kier molecular flexibility index (Phi) is 4.82. The first-order valence-corrected chi connectivity index (χ1v) is 10.8. The molecule has 27 heavy (non-hydrogen) atoms. The Bertz CT molecular complexity index is 940.